The van der Waals surface area contributed by atoms with E-state index in [4.69, 9.17) is 5.73 Å². The highest BCUT2D eigenvalue weighted by Gasteiger charge is 2.69. The van der Waals surface area contributed by atoms with Gasteiger partial charge in [0.2, 0.25) is 5.91 Å². The maximum atomic E-state index is 15.9. The molecule has 0 radical (unpaired) electrons. The summed E-state index contributed by atoms with van der Waals surface area (Å²) in [6, 6.07) is 0.00765. The van der Waals surface area contributed by atoms with Gasteiger partial charge in [0, 0.05) is 30.1 Å². The second-order valence-corrected chi connectivity index (χ2v) is 12.4. The van der Waals surface area contributed by atoms with Crippen molar-refractivity contribution in [1.82, 2.24) is 9.80 Å². The molecule has 0 heterocycles. The molecule has 0 saturated heterocycles. The van der Waals surface area contributed by atoms with Gasteiger partial charge in [-0.2, -0.15) is 0 Å². The highest BCUT2D eigenvalue weighted by molar-refractivity contribution is 6.32. The Hall–Kier alpha value is -3.02. The Morgan fingerprint density at radius 1 is 1.12 bits per heavy atom. The summed E-state index contributed by atoms with van der Waals surface area (Å²) < 4.78 is 15.9. The topological polar surface area (TPSA) is 158 Å². The van der Waals surface area contributed by atoms with E-state index in [0.29, 0.717) is 5.92 Å². The summed E-state index contributed by atoms with van der Waals surface area (Å²) >= 11 is 0. The second-order valence-electron chi connectivity index (χ2n) is 12.4. The zero-order valence-corrected chi connectivity index (χ0v) is 23.0. The molecule has 2 unspecified atom stereocenters. The lowest BCUT2D eigenvalue weighted by atomic mass is 9.52. The highest BCUT2D eigenvalue weighted by Crippen LogP contribution is 2.51. The minimum Gasteiger partial charge on any atom is -0.507 e. The summed E-state index contributed by atoms with van der Waals surface area (Å²) in [6.07, 6.45) is 4.41. The number of carbonyl (C=O) groups excluding carboxylic acids is 5. The molecule has 3 fully saturated rings. The SMILES string of the molecule is CN(Cc1cc(O)c2c(c1F)C[C@H]1C[C@H]3[C@H](N(C)C)C(=O)C(C(N)=O)C(=O)[C@@]3(O)C(=O)C1C2=O)CC1CCCC1. The standard InChI is InChI=1S/C29H36FN3O7/c1-32(2)23-17-9-14-8-16-20(18(34)10-15(22(16)30)12-33(3)11-13-6-4-5-7-13)24(35)19(14)26(37)29(17,40)27(38)21(25(23)36)28(31)39/h10,13-14,17,19,21,23,34,40H,4-9,11-12H2,1-3H3,(H2,31,39)/t14-,17-,19?,21?,23-,29-/m0/s1. The van der Waals surface area contributed by atoms with Crippen molar-refractivity contribution in [3.63, 3.8) is 0 Å². The largest absolute Gasteiger partial charge is 0.507 e. The van der Waals surface area contributed by atoms with Crippen LogP contribution in [0.4, 0.5) is 4.39 Å². The zero-order chi connectivity index (χ0) is 29.3. The lowest BCUT2D eigenvalue weighted by Gasteiger charge is -2.52. The van der Waals surface area contributed by atoms with E-state index in [1.807, 2.05) is 11.9 Å². The Morgan fingerprint density at radius 2 is 1.77 bits per heavy atom. The summed E-state index contributed by atoms with van der Waals surface area (Å²) in [5, 5.41) is 22.5. The molecule has 1 amide bonds. The first-order valence-electron chi connectivity index (χ1n) is 13.8. The molecule has 1 aromatic rings. The number of hydrogen-bond donors (Lipinski definition) is 3. The molecular formula is C29H36FN3O7. The van der Waals surface area contributed by atoms with E-state index in [2.05, 4.69) is 0 Å². The molecule has 40 heavy (non-hydrogen) atoms. The molecule has 4 aliphatic rings. The Morgan fingerprint density at radius 3 is 2.38 bits per heavy atom. The molecule has 4 aliphatic carbocycles. The van der Waals surface area contributed by atoms with Gasteiger partial charge in [0.1, 0.15) is 11.6 Å². The number of primary amides is 1. The van der Waals surface area contributed by atoms with E-state index >= 15 is 4.39 Å². The zero-order valence-electron chi connectivity index (χ0n) is 23.0. The second kappa shape index (κ2) is 10.1. The number of nitrogens with zero attached hydrogens (tertiary/aromatic N) is 2. The number of aromatic hydroxyl groups is 1. The predicted octanol–water partition coefficient (Wildman–Crippen LogP) is 0.628. The number of amides is 1. The van der Waals surface area contributed by atoms with Crippen molar-refractivity contribution in [1.29, 1.82) is 0 Å². The molecule has 10 nitrogen and oxygen atoms in total. The summed E-state index contributed by atoms with van der Waals surface area (Å²) in [5.41, 5.74) is 2.43. The summed E-state index contributed by atoms with van der Waals surface area (Å²) in [7, 11) is 4.91. The van der Waals surface area contributed by atoms with E-state index < -0.39 is 75.9 Å². The molecule has 11 heteroatoms. The fraction of sp³-hybridized carbons (Fsp3) is 0.621. The van der Waals surface area contributed by atoms with Crippen LogP contribution in [0.2, 0.25) is 0 Å². The molecule has 3 saturated carbocycles. The van der Waals surface area contributed by atoms with Gasteiger partial charge in [0.15, 0.2) is 34.7 Å². The number of hydrogen-bond acceptors (Lipinski definition) is 9. The fourth-order valence-electron chi connectivity index (χ4n) is 7.81. The molecule has 216 valence electrons. The third-order valence-electron chi connectivity index (χ3n) is 9.55. The average Bonchev–Trinajstić information content (AvgIpc) is 3.36. The third-order valence-corrected chi connectivity index (χ3v) is 9.55. The molecule has 5 rings (SSSR count). The van der Waals surface area contributed by atoms with Gasteiger partial charge in [-0.15, -0.1) is 0 Å². The minimum absolute atomic E-state index is 0.00126. The third kappa shape index (κ3) is 4.21. The number of likely N-dealkylation sites (N-methyl/N-ethyl adjacent to an activating group) is 1. The van der Waals surface area contributed by atoms with E-state index in [9.17, 15) is 34.2 Å². The van der Waals surface area contributed by atoms with Crippen LogP contribution < -0.4 is 5.73 Å². The van der Waals surface area contributed by atoms with Gasteiger partial charge in [-0.1, -0.05) is 12.8 Å². The number of rotatable bonds is 6. The van der Waals surface area contributed by atoms with Crippen molar-refractivity contribution in [2.75, 3.05) is 27.7 Å². The van der Waals surface area contributed by atoms with Crippen molar-refractivity contribution in [2.45, 2.75) is 56.7 Å². The van der Waals surface area contributed by atoms with E-state index in [1.54, 1.807) is 0 Å². The van der Waals surface area contributed by atoms with Gasteiger partial charge in [0.25, 0.3) is 0 Å². The van der Waals surface area contributed by atoms with Crippen molar-refractivity contribution >= 4 is 29.0 Å². The number of benzene rings is 1. The lowest BCUT2D eigenvalue weighted by Crippen LogP contribution is -2.74. The summed E-state index contributed by atoms with van der Waals surface area (Å²) in [5.74, 6) is -11.6. The van der Waals surface area contributed by atoms with Gasteiger partial charge >= 0.3 is 0 Å². The minimum atomic E-state index is -2.80. The summed E-state index contributed by atoms with van der Waals surface area (Å²) in [6.45, 7) is 1.02. The average molecular weight is 558 g/mol. The van der Waals surface area contributed by atoms with Crippen molar-refractivity contribution in [2.24, 2.45) is 35.3 Å². The molecule has 0 bridgehead atoms. The van der Waals surface area contributed by atoms with Crippen LogP contribution in [-0.4, -0.2) is 88.4 Å². The maximum Gasteiger partial charge on any atom is 0.235 e. The normalized spacial score (nSPS) is 32.4. The first kappa shape index (κ1) is 28.5. The van der Waals surface area contributed by atoms with E-state index in [1.165, 1.54) is 37.9 Å². The molecule has 0 aromatic heterocycles. The first-order valence-corrected chi connectivity index (χ1v) is 13.8. The van der Waals surface area contributed by atoms with Crippen LogP contribution in [-0.2, 0) is 32.1 Å². The maximum absolute atomic E-state index is 15.9. The predicted molar refractivity (Wildman–Crippen MR) is 140 cm³/mol. The van der Waals surface area contributed by atoms with Gasteiger partial charge in [-0.25, -0.2) is 4.39 Å². The van der Waals surface area contributed by atoms with E-state index in [-0.39, 0.29) is 36.1 Å². The number of aliphatic hydroxyl groups is 1. The first-order chi connectivity index (χ1) is 18.8. The van der Waals surface area contributed by atoms with Crippen LogP contribution in [0.25, 0.3) is 0 Å². The van der Waals surface area contributed by atoms with Crippen LogP contribution in [0, 0.1) is 35.4 Å². The number of phenolic OH excluding ortho intramolecular Hbond substituents is 1. The number of nitrogens with two attached hydrogens (primary N) is 1. The number of halogens is 1. The molecule has 0 spiro atoms. The van der Waals surface area contributed by atoms with Gasteiger partial charge in [-0.3, -0.25) is 28.9 Å². The Balaban J connectivity index is 1.51. The number of ketones is 4. The molecule has 0 aliphatic heterocycles. The van der Waals surface area contributed by atoms with Crippen molar-refractivity contribution in [3.05, 3.63) is 28.6 Å². The van der Waals surface area contributed by atoms with E-state index in [0.717, 1.165) is 19.4 Å². The van der Waals surface area contributed by atoms with Gasteiger partial charge in [-0.05, 0) is 64.7 Å². The Kier molecular flexibility index (Phi) is 7.21. The van der Waals surface area contributed by atoms with Gasteiger partial charge in [0.05, 0.1) is 17.5 Å². The fourth-order valence-corrected chi connectivity index (χ4v) is 7.81. The number of phenols is 1. The number of Topliss-reactive ketones (excluding diaryl/α,β-unsaturated/α-hetero) is 4. The van der Waals surface area contributed by atoms with Crippen LogP contribution in [0.5, 0.6) is 5.75 Å². The van der Waals surface area contributed by atoms with Crippen LogP contribution >= 0.6 is 0 Å². The van der Waals surface area contributed by atoms with Crippen LogP contribution in [0.1, 0.15) is 53.6 Å². The van der Waals surface area contributed by atoms with Crippen molar-refractivity contribution in [3.8, 4) is 5.75 Å². The lowest BCUT2D eigenvalue weighted by molar-refractivity contribution is -0.181. The van der Waals surface area contributed by atoms with Crippen molar-refractivity contribution < 1.29 is 38.6 Å². The molecular weight excluding hydrogens is 521 g/mol. The summed E-state index contributed by atoms with van der Waals surface area (Å²) in [4.78, 5) is 69.4. The molecule has 6 atom stereocenters. The smallest absolute Gasteiger partial charge is 0.235 e. The number of carbonyl (C=O) groups is 5. The Bertz CT molecular complexity index is 1310. The monoisotopic (exact) mass is 557 g/mol. The van der Waals surface area contributed by atoms with Gasteiger partial charge < -0.3 is 20.8 Å². The quantitative estimate of drug-likeness (QED) is 0.427. The molecule has 4 N–H and O–H groups in total. The van der Waals surface area contributed by atoms with Crippen LogP contribution in [0.3, 0.4) is 0 Å². The number of fused-ring (bicyclic) bond motifs is 3. The molecule has 1 aromatic carbocycles. The Labute approximate surface area is 231 Å². The highest BCUT2D eigenvalue weighted by atomic mass is 19.1. The van der Waals surface area contributed by atoms with Crippen LogP contribution in [0.15, 0.2) is 6.07 Å².